The third kappa shape index (κ3) is 4.51. The van der Waals surface area contributed by atoms with E-state index in [0.29, 0.717) is 34.3 Å². The number of anilines is 1. The van der Waals surface area contributed by atoms with Crippen molar-refractivity contribution >= 4 is 17.5 Å². The van der Waals surface area contributed by atoms with E-state index in [0.717, 1.165) is 11.1 Å². The van der Waals surface area contributed by atoms with E-state index < -0.39 is 0 Å². The fourth-order valence-corrected chi connectivity index (χ4v) is 3.54. The highest BCUT2D eigenvalue weighted by atomic mass is 16.5. The van der Waals surface area contributed by atoms with Crippen LogP contribution in [0.3, 0.4) is 0 Å². The number of aryl methyl sites for hydroxylation is 4. The molecule has 0 saturated carbocycles. The van der Waals surface area contributed by atoms with Crippen molar-refractivity contribution < 1.29 is 14.3 Å². The van der Waals surface area contributed by atoms with Crippen LogP contribution in [0.2, 0.25) is 0 Å². The van der Waals surface area contributed by atoms with E-state index in [9.17, 15) is 9.59 Å². The molecular weight excluding hydrogens is 434 g/mol. The van der Waals surface area contributed by atoms with E-state index in [1.54, 1.807) is 53.8 Å². The minimum absolute atomic E-state index is 0.246. The highest BCUT2D eigenvalue weighted by Gasteiger charge is 2.23. The summed E-state index contributed by atoms with van der Waals surface area (Å²) in [5.74, 6) is 0.954. The lowest BCUT2D eigenvalue weighted by molar-refractivity contribution is 0.0957. The maximum Gasteiger partial charge on any atom is 0.269 e. The molecule has 34 heavy (non-hydrogen) atoms. The Labute approximate surface area is 196 Å². The van der Waals surface area contributed by atoms with Gasteiger partial charge in [0.1, 0.15) is 22.8 Å². The third-order valence-electron chi connectivity index (χ3n) is 5.21. The smallest absolute Gasteiger partial charge is 0.269 e. The monoisotopic (exact) mass is 459 g/mol. The molecule has 10 nitrogen and oxygen atoms in total. The van der Waals surface area contributed by atoms with Gasteiger partial charge in [-0.05, 0) is 44.0 Å². The second-order valence-corrected chi connectivity index (χ2v) is 7.86. The molecule has 3 heterocycles. The normalized spacial score (nSPS) is 10.7. The van der Waals surface area contributed by atoms with Crippen LogP contribution in [0.4, 0.5) is 5.69 Å². The Morgan fingerprint density at radius 2 is 1.85 bits per heavy atom. The molecule has 3 aromatic heterocycles. The number of amides is 2. The molecule has 4 rings (SSSR count). The summed E-state index contributed by atoms with van der Waals surface area (Å²) in [5.41, 5.74) is 3.65. The van der Waals surface area contributed by atoms with Gasteiger partial charge >= 0.3 is 0 Å². The maximum atomic E-state index is 13.3. The number of ether oxygens (including phenoxy) is 1. The highest BCUT2D eigenvalue weighted by molar-refractivity contribution is 6.07. The molecule has 0 aliphatic heterocycles. The van der Waals surface area contributed by atoms with Crippen LogP contribution < -0.4 is 15.4 Å². The van der Waals surface area contributed by atoms with Crippen molar-refractivity contribution in [3.8, 4) is 17.3 Å². The molecule has 0 aliphatic carbocycles. The molecule has 0 atom stereocenters. The number of nitrogens with one attached hydrogen (secondary N) is 2. The van der Waals surface area contributed by atoms with Crippen LogP contribution in [-0.2, 0) is 7.05 Å². The fourth-order valence-electron chi connectivity index (χ4n) is 3.54. The number of nitrogens with zero attached hydrogens (tertiary/aromatic N) is 5. The fraction of sp³-hybridized carbons (Fsp3) is 0.208. The Kier molecular flexibility index (Phi) is 6.13. The minimum Gasteiger partial charge on any atom is -0.457 e. The molecular formula is C24H25N7O3. The van der Waals surface area contributed by atoms with Gasteiger partial charge < -0.3 is 15.4 Å². The lowest BCUT2D eigenvalue weighted by atomic mass is 10.1. The van der Waals surface area contributed by atoms with Gasteiger partial charge in [-0.2, -0.15) is 10.2 Å². The van der Waals surface area contributed by atoms with E-state index in [4.69, 9.17) is 4.74 Å². The predicted molar refractivity (Wildman–Crippen MR) is 127 cm³/mol. The number of hydrogen-bond acceptors (Lipinski definition) is 6. The van der Waals surface area contributed by atoms with Crippen LogP contribution in [0.5, 0.6) is 11.5 Å². The van der Waals surface area contributed by atoms with Crippen molar-refractivity contribution in [2.24, 2.45) is 7.05 Å². The Morgan fingerprint density at radius 3 is 2.56 bits per heavy atom. The summed E-state index contributed by atoms with van der Waals surface area (Å²) in [7, 11) is 3.31. The van der Waals surface area contributed by atoms with Gasteiger partial charge in [-0.3, -0.25) is 14.6 Å². The van der Waals surface area contributed by atoms with Crippen molar-refractivity contribution in [3.05, 3.63) is 77.0 Å². The predicted octanol–water partition coefficient (Wildman–Crippen LogP) is 3.33. The van der Waals surface area contributed by atoms with Crippen molar-refractivity contribution in [2.75, 3.05) is 12.4 Å². The molecule has 2 N–H and O–H groups in total. The van der Waals surface area contributed by atoms with Crippen LogP contribution in [0.25, 0.3) is 5.82 Å². The molecule has 0 fully saturated rings. The van der Waals surface area contributed by atoms with Crippen molar-refractivity contribution in [1.82, 2.24) is 29.9 Å². The molecule has 0 aliphatic rings. The first-order valence-electron chi connectivity index (χ1n) is 10.6. The van der Waals surface area contributed by atoms with Gasteiger partial charge in [0.05, 0.1) is 11.9 Å². The van der Waals surface area contributed by atoms with Crippen LogP contribution in [0.15, 0.2) is 48.9 Å². The van der Waals surface area contributed by atoms with Gasteiger partial charge in [0.15, 0.2) is 5.82 Å². The molecule has 0 saturated heterocycles. The number of aromatic nitrogens is 5. The number of carbonyl (C=O) groups is 2. The van der Waals surface area contributed by atoms with E-state index in [2.05, 4.69) is 25.8 Å². The first kappa shape index (κ1) is 22.7. The Balaban J connectivity index is 1.60. The Bertz CT molecular complexity index is 1390. The largest absolute Gasteiger partial charge is 0.457 e. The number of hydrogen-bond donors (Lipinski definition) is 2. The first-order valence-corrected chi connectivity index (χ1v) is 10.6. The number of carbonyl (C=O) groups excluding carboxylic acids is 2. The zero-order chi connectivity index (χ0) is 24.4. The minimum atomic E-state index is -0.311. The van der Waals surface area contributed by atoms with Crippen molar-refractivity contribution in [3.63, 3.8) is 0 Å². The summed E-state index contributed by atoms with van der Waals surface area (Å²) >= 11 is 0. The average molecular weight is 460 g/mol. The van der Waals surface area contributed by atoms with Crippen LogP contribution in [0, 0.1) is 20.8 Å². The lowest BCUT2D eigenvalue weighted by Gasteiger charge is -2.13. The summed E-state index contributed by atoms with van der Waals surface area (Å²) in [6.07, 6.45) is 5.07. The van der Waals surface area contributed by atoms with E-state index in [-0.39, 0.29) is 17.5 Å². The van der Waals surface area contributed by atoms with Gasteiger partial charge in [0.25, 0.3) is 11.8 Å². The maximum absolute atomic E-state index is 13.3. The highest BCUT2D eigenvalue weighted by Crippen LogP contribution is 2.29. The average Bonchev–Trinajstić information content (AvgIpc) is 3.37. The zero-order valence-corrected chi connectivity index (χ0v) is 19.6. The molecule has 174 valence electrons. The molecule has 4 aromatic rings. The van der Waals surface area contributed by atoms with Crippen molar-refractivity contribution in [1.29, 1.82) is 0 Å². The summed E-state index contributed by atoms with van der Waals surface area (Å²) in [6, 6.07) is 8.59. The topological polar surface area (TPSA) is 116 Å². The van der Waals surface area contributed by atoms with Crippen LogP contribution in [-0.4, -0.2) is 43.4 Å². The molecule has 2 amide bonds. The molecule has 0 unspecified atom stereocenters. The standard InChI is InChI=1S/C24H25N7O3/c1-14-12-27-31(13-14)24-21(16(3)29-30(24)5)23(33)28-17-7-6-15(2)20(10-17)34-18-8-9-26-19(11-18)22(32)25-4/h6-13H,1-5H3,(H,25,32)(H,28,33). The van der Waals surface area contributed by atoms with Gasteiger partial charge in [0.2, 0.25) is 0 Å². The molecule has 10 heteroatoms. The number of rotatable bonds is 6. The zero-order valence-electron chi connectivity index (χ0n) is 19.6. The van der Waals surface area contributed by atoms with E-state index in [1.165, 1.54) is 13.2 Å². The molecule has 0 radical (unpaired) electrons. The third-order valence-corrected chi connectivity index (χ3v) is 5.21. The lowest BCUT2D eigenvalue weighted by Crippen LogP contribution is -2.19. The van der Waals surface area contributed by atoms with Gasteiger partial charge in [-0.15, -0.1) is 0 Å². The summed E-state index contributed by atoms with van der Waals surface area (Å²) in [6.45, 7) is 5.61. The van der Waals surface area contributed by atoms with Crippen LogP contribution >= 0.6 is 0 Å². The summed E-state index contributed by atoms with van der Waals surface area (Å²) in [5, 5.41) is 14.2. The van der Waals surface area contributed by atoms with E-state index in [1.807, 2.05) is 26.1 Å². The molecule has 1 aromatic carbocycles. The van der Waals surface area contributed by atoms with E-state index >= 15 is 0 Å². The SMILES string of the molecule is CNC(=O)c1cc(Oc2cc(NC(=O)c3c(C)nn(C)c3-n3cc(C)cn3)ccc2C)ccn1. The van der Waals surface area contributed by atoms with Crippen LogP contribution in [0.1, 0.15) is 37.7 Å². The van der Waals surface area contributed by atoms with Gasteiger partial charge in [-0.1, -0.05) is 6.07 Å². The second-order valence-electron chi connectivity index (χ2n) is 7.86. The number of benzene rings is 1. The van der Waals surface area contributed by atoms with Gasteiger partial charge in [-0.25, -0.2) is 9.36 Å². The summed E-state index contributed by atoms with van der Waals surface area (Å²) < 4.78 is 9.27. The molecule has 0 spiro atoms. The quantitative estimate of drug-likeness (QED) is 0.457. The first-order chi connectivity index (χ1) is 16.3. The van der Waals surface area contributed by atoms with Gasteiger partial charge in [0, 0.05) is 44.3 Å². The second kappa shape index (κ2) is 9.18. The Morgan fingerprint density at radius 1 is 1.06 bits per heavy atom. The Hall–Kier alpha value is -4.47. The van der Waals surface area contributed by atoms with Crippen molar-refractivity contribution in [2.45, 2.75) is 20.8 Å². The number of pyridine rings is 1. The molecule has 0 bridgehead atoms. The summed E-state index contributed by atoms with van der Waals surface area (Å²) in [4.78, 5) is 29.2.